The van der Waals surface area contributed by atoms with Gasteiger partial charge in [-0.05, 0) is 35.2 Å². The van der Waals surface area contributed by atoms with Crippen molar-refractivity contribution in [3.63, 3.8) is 0 Å². The molecular weight excluding hydrogens is 324 g/mol. The van der Waals surface area contributed by atoms with Crippen molar-refractivity contribution in [1.29, 1.82) is 0 Å². The second kappa shape index (κ2) is 6.76. The third-order valence-corrected chi connectivity index (χ3v) is 3.62. The van der Waals surface area contributed by atoms with Crippen molar-refractivity contribution in [2.75, 3.05) is 0 Å². The largest absolute Gasteiger partial charge is 0.478 e. The molecule has 0 aliphatic heterocycles. The number of hydrogen-bond donors (Lipinski definition) is 2. The summed E-state index contributed by atoms with van der Waals surface area (Å²) in [5.41, 5.74) is 0.0637. The Morgan fingerprint density at radius 2 is 1.44 bits per heavy atom. The average molecular weight is 342 g/mol. The minimum Gasteiger partial charge on any atom is -0.478 e. The fraction of sp³-hybridized carbons (Fsp3) is 0.211. The lowest BCUT2D eigenvalue weighted by molar-refractivity contribution is 0.0650. The molecule has 2 N–H and O–H groups in total. The monoisotopic (exact) mass is 342 g/mol. The minimum atomic E-state index is -1.41. The number of carbonyl (C=O) groups excluding carboxylic acids is 1. The predicted molar refractivity (Wildman–Crippen MR) is 90.5 cm³/mol. The second-order valence-electron chi connectivity index (χ2n) is 6.50. The van der Waals surface area contributed by atoms with Gasteiger partial charge in [-0.1, -0.05) is 39.0 Å². The van der Waals surface area contributed by atoms with Crippen LogP contribution in [0.4, 0.5) is 0 Å². The van der Waals surface area contributed by atoms with E-state index in [1.807, 2.05) is 32.9 Å². The van der Waals surface area contributed by atoms with E-state index in [9.17, 15) is 14.4 Å². The number of rotatable bonds is 4. The first-order chi connectivity index (χ1) is 11.6. The van der Waals surface area contributed by atoms with Crippen LogP contribution in [0.3, 0.4) is 0 Å². The van der Waals surface area contributed by atoms with Crippen molar-refractivity contribution in [1.82, 2.24) is 0 Å². The molecule has 0 aromatic heterocycles. The molecule has 0 bridgehead atoms. The van der Waals surface area contributed by atoms with E-state index in [2.05, 4.69) is 0 Å². The average Bonchev–Trinajstić information content (AvgIpc) is 2.53. The first-order valence-corrected chi connectivity index (χ1v) is 7.53. The van der Waals surface area contributed by atoms with Crippen LogP contribution in [0.25, 0.3) is 0 Å². The topological polar surface area (TPSA) is 101 Å². The van der Waals surface area contributed by atoms with Crippen molar-refractivity contribution in [2.24, 2.45) is 0 Å². The highest BCUT2D eigenvalue weighted by Gasteiger charge is 2.23. The Hall–Kier alpha value is -3.15. The molecule has 0 saturated carbocycles. The van der Waals surface area contributed by atoms with Crippen LogP contribution in [0.5, 0.6) is 5.75 Å². The number of benzene rings is 2. The van der Waals surface area contributed by atoms with Crippen molar-refractivity contribution in [3.05, 3.63) is 64.7 Å². The Labute approximate surface area is 144 Å². The lowest BCUT2D eigenvalue weighted by Gasteiger charge is -2.22. The van der Waals surface area contributed by atoms with Crippen LogP contribution < -0.4 is 4.74 Å². The minimum absolute atomic E-state index is 0.0314. The van der Waals surface area contributed by atoms with Gasteiger partial charge >= 0.3 is 17.9 Å². The fourth-order valence-corrected chi connectivity index (χ4v) is 2.43. The molecule has 6 heteroatoms. The Morgan fingerprint density at radius 1 is 0.840 bits per heavy atom. The van der Waals surface area contributed by atoms with Crippen molar-refractivity contribution in [3.8, 4) is 5.75 Å². The summed E-state index contributed by atoms with van der Waals surface area (Å²) in [5, 5.41) is 18.2. The summed E-state index contributed by atoms with van der Waals surface area (Å²) in [6, 6.07) is 10.4. The molecule has 0 saturated heterocycles. The zero-order valence-electron chi connectivity index (χ0n) is 14.1. The van der Waals surface area contributed by atoms with Crippen LogP contribution in [0.15, 0.2) is 42.5 Å². The lowest BCUT2D eigenvalue weighted by atomic mass is 9.84. The van der Waals surface area contributed by atoms with Crippen LogP contribution >= 0.6 is 0 Å². The van der Waals surface area contributed by atoms with E-state index in [-0.39, 0.29) is 16.7 Å². The van der Waals surface area contributed by atoms with Crippen molar-refractivity contribution >= 4 is 17.9 Å². The van der Waals surface area contributed by atoms with Gasteiger partial charge in [0, 0.05) is 0 Å². The van der Waals surface area contributed by atoms with E-state index in [0.29, 0.717) is 5.56 Å². The maximum Gasteiger partial charge on any atom is 0.343 e. The van der Waals surface area contributed by atoms with Crippen LogP contribution in [-0.2, 0) is 5.41 Å². The molecule has 25 heavy (non-hydrogen) atoms. The van der Waals surface area contributed by atoms with E-state index in [1.165, 1.54) is 6.07 Å². The van der Waals surface area contributed by atoms with Crippen molar-refractivity contribution in [2.45, 2.75) is 26.2 Å². The summed E-state index contributed by atoms with van der Waals surface area (Å²) in [7, 11) is 0. The number of aromatic carboxylic acids is 2. The van der Waals surface area contributed by atoms with Crippen LogP contribution in [0.1, 0.15) is 57.4 Å². The third-order valence-electron chi connectivity index (χ3n) is 3.62. The zero-order valence-corrected chi connectivity index (χ0v) is 14.1. The Kier molecular flexibility index (Phi) is 4.92. The number of ether oxygens (including phenoxy) is 1. The number of hydrogen-bond acceptors (Lipinski definition) is 4. The number of carbonyl (C=O) groups is 3. The highest BCUT2D eigenvalue weighted by molar-refractivity contribution is 6.02. The van der Waals surface area contributed by atoms with Gasteiger partial charge in [0.2, 0.25) is 0 Å². The summed E-state index contributed by atoms with van der Waals surface area (Å²) >= 11 is 0. The quantitative estimate of drug-likeness (QED) is 0.650. The van der Waals surface area contributed by atoms with Crippen LogP contribution in [0.2, 0.25) is 0 Å². The number of carboxylic acids is 2. The molecule has 0 unspecified atom stereocenters. The standard InChI is InChI=1S/C19H18O6/c1-19(2,3)15-7-5-4-6-13(15)18(24)25-11-8-9-12(16(20)21)14(10-11)17(22)23/h4-10H,1-3H3,(H,20,21)(H,22,23). The van der Waals surface area contributed by atoms with E-state index >= 15 is 0 Å². The van der Waals surface area contributed by atoms with Gasteiger partial charge in [-0.25, -0.2) is 14.4 Å². The highest BCUT2D eigenvalue weighted by Crippen LogP contribution is 2.27. The third kappa shape index (κ3) is 4.03. The molecule has 0 fully saturated rings. The normalized spacial score (nSPS) is 11.0. The van der Waals surface area contributed by atoms with E-state index < -0.39 is 23.5 Å². The summed E-state index contributed by atoms with van der Waals surface area (Å²) in [6.45, 7) is 5.88. The Balaban J connectivity index is 2.38. The van der Waals surface area contributed by atoms with Crippen LogP contribution in [-0.4, -0.2) is 28.1 Å². The first kappa shape index (κ1) is 18.2. The molecule has 0 aliphatic carbocycles. The molecule has 0 radical (unpaired) electrons. The van der Waals surface area contributed by atoms with E-state index in [1.54, 1.807) is 12.1 Å². The van der Waals surface area contributed by atoms with Gasteiger partial charge in [0.25, 0.3) is 0 Å². The zero-order chi connectivity index (χ0) is 18.8. The molecule has 2 aromatic carbocycles. The molecule has 0 heterocycles. The molecule has 0 aliphatic rings. The molecule has 0 amide bonds. The summed E-state index contributed by atoms with van der Waals surface area (Å²) in [5.74, 6) is -3.44. The first-order valence-electron chi connectivity index (χ1n) is 7.53. The summed E-state index contributed by atoms with van der Waals surface area (Å²) in [6.07, 6.45) is 0. The molecular formula is C19H18O6. The maximum atomic E-state index is 12.5. The highest BCUT2D eigenvalue weighted by atomic mass is 16.5. The fourth-order valence-electron chi connectivity index (χ4n) is 2.43. The molecule has 2 rings (SSSR count). The summed E-state index contributed by atoms with van der Waals surface area (Å²) in [4.78, 5) is 34.8. The maximum absolute atomic E-state index is 12.5. The van der Waals surface area contributed by atoms with E-state index in [0.717, 1.165) is 17.7 Å². The number of carboxylic acid groups (broad SMARTS) is 2. The number of esters is 1. The van der Waals surface area contributed by atoms with Gasteiger partial charge in [0.15, 0.2) is 0 Å². The Bertz CT molecular complexity index is 845. The van der Waals surface area contributed by atoms with Gasteiger partial charge in [-0.2, -0.15) is 0 Å². The molecule has 130 valence electrons. The van der Waals surface area contributed by atoms with Gasteiger partial charge in [0.05, 0.1) is 16.7 Å². The van der Waals surface area contributed by atoms with Crippen molar-refractivity contribution < 1.29 is 29.3 Å². The molecule has 0 atom stereocenters. The SMILES string of the molecule is CC(C)(C)c1ccccc1C(=O)Oc1ccc(C(=O)O)c(C(=O)O)c1. The molecule has 6 nitrogen and oxygen atoms in total. The second-order valence-corrected chi connectivity index (χ2v) is 6.50. The lowest BCUT2D eigenvalue weighted by Crippen LogP contribution is -2.19. The smallest absolute Gasteiger partial charge is 0.343 e. The van der Waals surface area contributed by atoms with Gasteiger partial charge in [-0.3, -0.25) is 0 Å². The molecule has 2 aromatic rings. The van der Waals surface area contributed by atoms with Gasteiger partial charge < -0.3 is 14.9 Å². The summed E-state index contributed by atoms with van der Waals surface area (Å²) < 4.78 is 5.27. The van der Waals surface area contributed by atoms with E-state index in [4.69, 9.17) is 14.9 Å². The molecule has 0 spiro atoms. The van der Waals surface area contributed by atoms with Gasteiger partial charge in [-0.15, -0.1) is 0 Å². The predicted octanol–water partition coefficient (Wildman–Crippen LogP) is 3.60. The van der Waals surface area contributed by atoms with Gasteiger partial charge in [0.1, 0.15) is 5.75 Å². The van der Waals surface area contributed by atoms with Crippen LogP contribution in [0, 0.1) is 0 Å². The Morgan fingerprint density at radius 3 is 2.00 bits per heavy atom.